The molecular formula is C28H28N2O2. The van der Waals surface area contributed by atoms with Gasteiger partial charge in [-0.3, -0.25) is 4.79 Å². The Bertz CT molecular complexity index is 1120. The SMILES string of the molecule is CCN(CC)C(=O)C(C#N)=Cc1ccc(OCc2cccc(-c3ccccc3)c2C)cc1. The number of amides is 1. The van der Waals surface area contributed by atoms with E-state index < -0.39 is 0 Å². The van der Waals surface area contributed by atoms with Crippen LogP contribution in [0.5, 0.6) is 5.75 Å². The van der Waals surface area contributed by atoms with Crippen LogP contribution in [0.15, 0.2) is 78.4 Å². The standard InChI is InChI=1S/C28H28N2O2/c1-4-30(5-2)28(31)25(19-29)18-22-14-16-26(17-15-22)32-20-24-12-9-13-27(21(24)3)23-10-7-6-8-11-23/h6-18H,4-5,20H2,1-3H3. The molecule has 4 heteroatoms. The maximum Gasteiger partial charge on any atom is 0.264 e. The monoisotopic (exact) mass is 424 g/mol. The van der Waals surface area contributed by atoms with E-state index in [-0.39, 0.29) is 11.5 Å². The molecule has 0 aromatic heterocycles. The van der Waals surface area contributed by atoms with Crippen LogP contribution in [0.4, 0.5) is 0 Å². The smallest absolute Gasteiger partial charge is 0.264 e. The number of carbonyl (C=O) groups excluding carboxylic acids is 1. The van der Waals surface area contributed by atoms with Gasteiger partial charge in [0, 0.05) is 13.1 Å². The molecule has 0 heterocycles. The lowest BCUT2D eigenvalue weighted by atomic mass is 9.97. The molecule has 0 saturated carbocycles. The number of benzene rings is 3. The summed E-state index contributed by atoms with van der Waals surface area (Å²) in [6, 6.07) is 26.0. The van der Waals surface area contributed by atoms with E-state index in [9.17, 15) is 10.1 Å². The van der Waals surface area contributed by atoms with Gasteiger partial charge in [0.2, 0.25) is 0 Å². The average molecular weight is 425 g/mol. The van der Waals surface area contributed by atoms with Crippen molar-refractivity contribution >= 4 is 12.0 Å². The summed E-state index contributed by atoms with van der Waals surface area (Å²) < 4.78 is 6.01. The molecule has 1 amide bonds. The summed E-state index contributed by atoms with van der Waals surface area (Å²) in [7, 11) is 0. The lowest BCUT2D eigenvalue weighted by Crippen LogP contribution is -2.31. The molecule has 0 fully saturated rings. The molecule has 3 aromatic rings. The molecule has 0 spiro atoms. The number of hydrogen-bond donors (Lipinski definition) is 0. The molecule has 3 aromatic carbocycles. The summed E-state index contributed by atoms with van der Waals surface area (Å²) in [6.07, 6.45) is 1.62. The predicted molar refractivity (Wildman–Crippen MR) is 129 cm³/mol. The predicted octanol–water partition coefficient (Wildman–Crippen LogP) is 6.02. The third-order valence-electron chi connectivity index (χ3n) is 5.52. The molecule has 0 aliphatic heterocycles. The summed E-state index contributed by atoms with van der Waals surface area (Å²) in [6.45, 7) is 7.54. The number of ether oxygens (including phenoxy) is 1. The van der Waals surface area contributed by atoms with Crippen molar-refractivity contribution in [2.45, 2.75) is 27.4 Å². The molecule has 0 radical (unpaired) electrons. The number of carbonyl (C=O) groups is 1. The van der Waals surface area contributed by atoms with Crippen LogP contribution in [0.3, 0.4) is 0 Å². The van der Waals surface area contributed by atoms with Gasteiger partial charge in [-0.25, -0.2) is 0 Å². The van der Waals surface area contributed by atoms with Crippen molar-refractivity contribution in [3.05, 3.63) is 95.1 Å². The average Bonchev–Trinajstić information content (AvgIpc) is 2.84. The molecule has 0 unspecified atom stereocenters. The molecule has 0 aliphatic carbocycles. The molecule has 162 valence electrons. The number of nitriles is 1. The second-order valence-electron chi connectivity index (χ2n) is 7.46. The van der Waals surface area contributed by atoms with Crippen molar-refractivity contribution in [1.82, 2.24) is 4.90 Å². The summed E-state index contributed by atoms with van der Waals surface area (Å²) in [5, 5.41) is 9.40. The fraction of sp³-hybridized carbons (Fsp3) is 0.214. The Balaban J connectivity index is 1.71. The van der Waals surface area contributed by atoms with Crippen LogP contribution in [0.25, 0.3) is 17.2 Å². The zero-order valence-electron chi connectivity index (χ0n) is 18.8. The highest BCUT2D eigenvalue weighted by atomic mass is 16.5. The molecule has 0 saturated heterocycles. The molecule has 3 rings (SSSR count). The van der Waals surface area contributed by atoms with Gasteiger partial charge in [-0.05, 0) is 66.8 Å². The molecule has 0 aliphatic rings. The second kappa shape index (κ2) is 11.0. The zero-order valence-corrected chi connectivity index (χ0v) is 18.8. The Morgan fingerprint density at radius 3 is 2.28 bits per heavy atom. The van der Waals surface area contributed by atoms with Crippen molar-refractivity contribution < 1.29 is 9.53 Å². The molecule has 0 bridgehead atoms. The minimum atomic E-state index is -0.244. The van der Waals surface area contributed by atoms with Gasteiger partial charge in [0.15, 0.2) is 0 Å². The van der Waals surface area contributed by atoms with Crippen LogP contribution in [-0.2, 0) is 11.4 Å². The first kappa shape index (κ1) is 22.8. The quantitative estimate of drug-likeness (QED) is 0.328. The topological polar surface area (TPSA) is 53.3 Å². The first-order valence-electron chi connectivity index (χ1n) is 10.8. The van der Waals surface area contributed by atoms with E-state index in [1.165, 1.54) is 16.7 Å². The number of hydrogen-bond acceptors (Lipinski definition) is 3. The van der Waals surface area contributed by atoms with E-state index >= 15 is 0 Å². The van der Waals surface area contributed by atoms with E-state index in [0.29, 0.717) is 19.7 Å². The van der Waals surface area contributed by atoms with Crippen LogP contribution in [0.1, 0.15) is 30.5 Å². The van der Waals surface area contributed by atoms with Crippen molar-refractivity contribution in [3.63, 3.8) is 0 Å². The Morgan fingerprint density at radius 1 is 0.969 bits per heavy atom. The largest absolute Gasteiger partial charge is 0.489 e. The molecule has 4 nitrogen and oxygen atoms in total. The Kier molecular flexibility index (Phi) is 7.83. The van der Waals surface area contributed by atoms with Crippen LogP contribution in [0, 0.1) is 18.3 Å². The Hall–Kier alpha value is -3.84. The zero-order chi connectivity index (χ0) is 22.9. The van der Waals surface area contributed by atoms with Crippen molar-refractivity contribution in [2.75, 3.05) is 13.1 Å². The van der Waals surface area contributed by atoms with E-state index in [4.69, 9.17) is 4.74 Å². The lowest BCUT2D eigenvalue weighted by molar-refractivity contribution is -0.126. The van der Waals surface area contributed by atoms with Crippen molar-refractivity contribution in [3.8, 4) is 22.9 Å². The third kappa shape index (κ3) is 5.44. The van der Waals surface area contributed by atoms with Crippen LogP contribution >= 0.6 is 0 Å². The van der Waals surface area contributed by atoms with Crippen LogP contribution < -0.4 is 4.74 Å². The Morgan fingerprint density at radius 2 is 1.66 bits per heavy atom. The van der Waals surface area contributed by atoms with Crippen LogP contribution in [0.2, 0.25) is 0 Å². The highest BCUT2D eigenvalue weighted by molar-refractivity contribution is 6.01. The van der Waals surface area contributed by atoms with Gasteiger partial charge < -0.3 is 9.64 Å². The van der Waals surface area contributed by atoms with E-state index in [0.717, 1.165) is 16.9 Å². The normalized spacial score (nSPS) is 11.0. The third-order valence-corrected chi connectivity index (χ3v) is 5.52. The highest BCUT2D eigenvalue weighted by Crippen LogP contribution is 2.26. The van der Waals surface area contributed by atoms with Crippen molar-refractivity contribution in [1.29, 1.82) is 5.26 Å². The summed E-state index contributed by atoms with van der Waals surface area (Å²) in [4.78, 5) is 14.1. The van der Waals surface area contributed by atoms with Gasteiger partial charge in [-0.2, -0.15) is 5.26 Å². The second-order valence-corrected chi connectivity index (χ2v) is 7.46. The fourth-order valence-electron chi connectivity index (χ4n) is 3.58. The lowest BCUT2D eigenvalue weighted by Gasteiger charge is -2.17. The maximum absolute atomic E-state index is 12.4. The first-order chi connectivity index (χ1) is 15.6. The fourth-order valence-corrected chi connectivity index (χ4v) is 3.58. The molecule has 0 atom stereocenters. The Labute approximate surface area is 190 Å². The molecular weight excluding hydrogens is 396 g/mol. The van der Waals surface area contributed by atoms with E-state index in [1.807, 2.05) is 62.4 Å². The van der Waals surface area contributed by atoms with Gasteiger partial charge in [0.1, 0.15) is 24.0 Å². The van der Waals surface area contributed by atoms with Gasteiger partial charge in [-0.15, -0.1) is 0 Å². The minimum Gasteiger partial charge on any atom is -0.489 e. The van der Waals surface area contributed by atoms with Gasteiger partial charge >= 0.3 is 0 Å². The van der Waals surface area contributed by atoms with Gasteiger partial charge in [0.25, 0.3) is 5.91 Å². The highest BCUT2D eigenvalue weighted by Gasteiger charge is 2.15. The summed E-state index contributed by atoms with van der Waals surface area (Å²) >= 11 is 0. The number of nitrogens with zero attached hydrogens (tertiary/aromatic N) is 2. The van der Waals surface area contributed by atoms with E-state index in [2.05, 4.69) is 37.3 Å². The number of rotatable bonds is 8. The molecule has 0 N–H and O–H groups in total. The molecule has 32 heavy (non-hydrogen) atoms. The van der Waals surface area contributed by atoms with Gasteiger partial charge in [-0.1, -0.05) is 60.7 Å². The summed E-state index contributed by atoms with van der Waals surface area (Å²) in [5.41, 5.74) is 5.65. The summed E-state index contributed by atoms with van der Waals surface area (Å²) in [5.74, 6) is 0.492. The number of likely N-dealkylation sites (N-methyl/N-ethyl adjacent to an activating group) is 1. The van der Waals surface area contributed by atoms with Crippen molar-refractivity contribution in [2.24, 2.45) is 0 Å². The van der Waals surface area contributed by atoms with Crippen LogP contribution in [-0.4, -0.2) is 23.9 Å². The maximum atomic E-state index is 12.4. The minimum absolute atomic E-state index is 0.135. The first-order valence-corrected chi connectivity index (χ1v) is 10.8. The van der Waals surface area contributed by atoms with Gasteiger partial charge in [0.05, 0.1) is 0 Å². The van der Waals surface area contributed by atoms with E-state index in [1.54, 1.807) is 11.0 Å².